The highest BCUT2D eigenvalue weighted by Crippen LogP contribution is 2.36. The lowest BCUT2D eigenvalue weighted by atomic mass is 9.82. The van der Waals surface area contributed by atoms with Crippen molar-refractivity contribution >= 4 is 0 Å². The van der Waals surface area contributed by atoms with E-state index in [-0.39, 0.29) is 11.6 Å². The van der Waals surface area contributed by atoms with Gasteiger partial charge in [-0.05, 0) is 37.4 Å². The van der Waals surface area contributed by atoms with Crippen LogP contribution in [0.25, 0.3) is 0 Å². The molecule has 0 aliphatic carbocycles. The Balaban J connectivity index is 3.20. The fraction of sp³-hybridized carbons (Fsp3) is 0.625. The van der Waals surface area contributed by atoms with Crippen molar-refractivity contribution in [3.63, 3.8) is 0 Å². The SMILES string of the molecule is CCNC(c1ccccc1C)C(CC)(CC)OC. The Morgan fingerprint density at radius 1 is 1.17 bits per heavy atom. The third kappa shape index (κ3) is 2.93. The van der Waals surface area contributed by atoms with E-state index in [1.54, 1.807) is 0 Å². The molecule has 18 heavy (non-hydrogen) atoms. The van der Waals surface area contributed by atoms with Gasteiger partial charge in [0.15, 0.2) is 0 Å². The van der Waals surface area contributed by atoms with Crippen LogP contribution < -0.4 is 5.32 Å². The highest BCUT2D eigenvalue weighted by Gasteiger charge is 2.36. The molecule has 0 saturated carbocycles. The van der Waals surface area contributed by atoms with Crippen molar-refractivity contribution in [3.8, 4) is 0 Å². The summed E-state index contributed by atoms with van der Waals surface area (Å²) in [6.45, 7) is 9.68. The van der Waals surface area contributed by atoms with Gasteiger partial charge < -0.3 is 10.1 Å². The maximum atomic E-state index is 5.90. The minimum absolute atomic E-state index is 0.123. The molecule has 2 nitrogen and oxygen atoms in total. The number of nitrogens with one attached hydrogen (secondary N) is 1. The summed E-state index contributed by atoms with van der Waals surface area (Å²) in [6, 6.07) is 8.84. The Labute approximate surface area is 112 Å². The molecule has 0 saturated heterocycles. The highest BCUT2D eigenvalue weighted by molar-refractivity contribution is 5.31. The van der Waals surface area contributed by atoms with Gasteiger partial charge in [0.05, 0.1) is 11.6 Å². The summed E-state index contributed by atoms with van der Waals surface area (Å²) in [5, 5.41) is 3.61. The van der Waals surface area contributed by atoms with E-state index in [2.05, 4.69) is 57.3 Å². The van der Waals surface area contributed by atoms with Gasteiger partial charge in [-0.1, -0.05) is 45.0 Å². The van der Waals surface area contributed by atoms with Crippen molar-refractivity contribution < 1.29 is 4.74 Å². The Morgan fingerprint density at radius 2 is 1.78 bits per heavy atom. The largest absolute Gasteiger partial charge is 0.376 e. The monoisotopic (exact) mass is 249 g/mol. The first-order valence-corrected chi connectivity index (χ1v) is 6.99. The van der Waals surface area contributed by atoms with Crippen molar-refractivity contribution in [1.82, 2.24) is 5.32 Å². The van der Waals surface area contributed by atoms with Crippen LogP contribution >= 0.6 is 0 Å². The Kier molecular flexibility index (Phi) is 5.83. The van der Waals surface area contributed by atoms with Gasteiger partial charge in [-0.2, -0.15) is 0 Å². The van der Waals surface area contributed by atoms with E-state index in [1.807, 2.05) is 7.11 Å². The normalized spacial score (nSPS) is 13.6. The van der Waals surface area contributed by atoms with Crippen LogP contribution in [0, 0.1) is 6.92 Å². The van der Waals surface area contributed by atoms with Crippen molar-refractivity contribution in [1.29, 1.82) is 0 Å². The van der Waals surface area contributed by atoms with Crippen LogP contribution in [0.4, 0.5) is 0 Å². The lowest BCUT2D eigenvalue weighted by Gasteiger charge is -2.40. The summed E-state index contributed by atoms with van der Waals surface area (Å²) in [7, 11) is 1.83. The van der Waals surface area contributed by atoms with E-state index in [0.29, 0.717) is 0 Å². The van der Waals surface area contributed by atoms with E-state index in [9.17, 15) is 0 Å². The lowest BCUT2D eigenvalue weighted by Crippen LogP contribution is -2.45. The first-order chi connectivity index (χ1) is 8.65. The first-order valence-electron chi connectivity index (χ1n) is 6.99. The number of methoxy groups -OCH3 is 1. The smallest absolute Gasteiger partial charge is 0.0867 e. The number of ether oxygens (including phenoxy) is 1. The first kappa shape index (κ1) is 15.2. The van der Waals surface area contributed by atoms with E-state index in [0.717, 1.165) is 19.4 Å². The van der Waals surface area contributed by atoms with Crippen molar-refractivity contribution in [2.75, 3.05) is 13.7 Å². The minimum Gasteiger partial charge on any atom is -0.376 e. The van der Waals surface area contributed by atoms with E-state index < -0.39 is 0 Å². The summed E-state index contributed by atoms with van der Waals surface area (Å²) in [5.74, 6) is 0. The van der Waals surface area contributed by atoms with Crippen molar-refractivity contribution in [3.05, 3.63) is 35.4 Å². The standard InChI is InChI=1S/C16H27NO/c1-6-16(7-2,18-5)15(17-8-3)14-12-10-9-11-13(14)4/h9-12,15,17H,6-8H2,1-5H3. The number of hydrogen-bond donors (Lipinski definition) is 1. The van der Waals surface area contributed by atoms with Crippen molar-refractivity contribution in [2.45, 2.75) is 52.2 Å². The molecule has 1 rings (SSSR count). The second-order valence-electron chi connectivity index (χ2n) is 4.82. The summed E-state index contributed by atoms with van der Waals surface area (Å²) in [6.07, 6.45) is 2.01. The molecule has 1 N–H and O–H groups in total. The lowest BCUT2D eigenvalue weighted by molar-refractivity contribution is -0.0483. The fourth-order valence-corrected chi connectivity index (χ4v) is 2.76. The molecule has 1 aromatic rings. The minimum atomic E-state index is -0.123. The molecular formula is C16H27NO. The van der Waals surface area contributed by atoms with Gasteiger partial charge in [-0.15, -0.1) is 0 Å². The van der Waals surface area contributed by atoms with Crippen LogP contribution in [0.15, 0.2) is 24.3 Å². The molecule has 2 heteroatoms. The zero-order valence-corrected chi connectivity index (χ0v) is 12.4. The maximum absolute atomic E-state index is 5.90. The third-order valence-electron chi connectivity index (χ3n) is 4.04. The van der Waals surface area contributed by atoms with E-state index >= 15 is 0 Å². The molecule has 0 fully saturated rings. The zero-order valence-electron chi connectivity index (χ0n) is 12.4. The van der Waals surface area contributed by atoms with Gasteiger partial charge in [0.1, 0.15) is 0 Å². The summed E-state index contributed by atoms with van der Waals surface area (Å²) in [4.78, 5) is 0. The molecule has 0 amide bonds. The molecule has 102 valence electrons. The zero-order chi connectivity index (χ0) is 13.6. The van der Waals surface area contributed by atoms with Crippen LogP contribution in [0.2, 0.25) is 0 Å². The van der Waals surface area contributed by atoms with Crippen LogP contribution in [-0.2, 0) is 4.74 Å². The molecule has 0 heterocycles. The number of rotatable bonds is 7. The second kappa shape index (κ2) is 6.91. The molecule has 0 aliphatic heterocycles. The van der Waals surface area contributed by atoms with Gasteiger partial charge in [0.25, 0.3) is 0 Å². The number of benzene rings is 1. The molecule has 0 radical (unpaired) electrons. The van der Waals surface area contributed by atoms with Crippen LogP contribution in [0.3, 0.4) is 0 Å². The molecule has 1 aromatic carbocycles. The number of aryl methyl sites for hydroxylation is 1. The Hall–Kier alpha value is -0.860. The summed E-state index contributed by atoms with van der Waals surface area (Å²) in [5.41, 5.74) is 2.55. The topological polar surface area (TPSA) is 21.3 Å². The molecular weight excluding hydrogens is 222 g/mol. The van der Waals surface area contributed by atoms with Crippen molar-refractivity contribution in [2.24, 2.45) is 0 Å². The number of hydrogen-bond acceptors (Lipinski definition) is 2. The Morgan fingerprint density at radius 3 is 2.22 bits per heavy atom. The van der Waals surface area contributed by atoms with Gasteiger partial charge in [-0.25, -0.2) is 0 Å². The second-order valence-corrected chi connectivity index (χ2v) is 4.82. The van der Waals surface area contributed by atoms with Gasteiger partial charge in [0, 0.05) is 7.11 Å². The third-order valence-corrected chi connectivity index (χ3v) is 4.04. The quantitative estimate of drug-likeness (QED) is 0.792. The molecule has 0 aliphatic rings. The van der Waals surface area contributed by atoms with Gasteiger partial charge in [0.2, 0.25) is 0 Å². The van der Waals surface area contributed by atoms with E-state index in [4.69, 9.17) is 4.74 Å². The average molecular weight is 249 g/mol. The summed E-state index contributed by atoms with van der Waals surface area (Å²) < 4.78 is 5.90. The van der Waals surface area contributed by atoms with Crippen LogP contribution in [0.5, 0.6) is 0 Å². The van der Waals surface area contributed by atoms with Gasteiger partial charge >= 0.3 is 0 Å². The van der Waals surface area contributed by atoms with Crippen LogP contribution in [0.1, 0.15) is 50.8 Å². The predicted molar refractivity (Wildman–Crippen MR) is 77.9 cm³/mol. The highest BCUT2D eigenvalue weighted by atomic mass is 16.5. The molecule has 0 bridgehead atoms. The fourth-order valence-electron chi connectivity index (χ4n) is 2.76. The molecule has 0 spiro atoms. The van der Waals surface area contributed by atoms with Crippen LogP contribution in [-0.4, -0.2) is 19.3 Å². The van der Waals surface area contributed by atoms with Gasteiger partial charge in [-0.3, -0.25) is 0 Å². The predicted octanol–water partition coefficient (Wildman–Crippen LogP) is 3.85. The Bertz CT molecular complexity index is 350. The molecule has 1 atom stereocenters. The molecule has 0 aromatic heterocycles. The number of likely N-dealkylation sites (N-methyl/N-ethyl adjacent to an activating group) is 1. The maximum Gasteiger partial charge on any atom is 0.0867 e. The summed E-state index contributed by atoms with van der Waals surface area (Å²) >= 11 is 0. The van der Waals surface area contributed by atoms with E-state index in [1.165, 1.54) is 11.1 Å². The molecule has 1 unspecified atom stereocenters. The average Bonchev–Trinajstić information content (AvgIpc) is 2.41.